The van der Waals surface area contributed by atoms with Crippen LogP contribution in [0.1, 0.15) is 12.5 Å². The minimum Gasteiger partial charge on any atom is -0.392 e. The molecule has 2 N–H and O–H groups in total. The molecule has 0 bridgehead atoms. The van der Waals surface area contributed by atoms with E-state index in [-0.39, 0.29) is 16.8 Å². The van der Waals surface area contributed by atoms with E-state index < -0.39 is 10.0 Å². The van der Waals surface area contributed by atoms with Crippen molar-refractivity contribution in [1.82, 2.24) is 0 Å². The van der Waals surface area contributed by atoms with Crippen LogP contribution in [-0.2, 0) is 16.4 Å². The van der Waals surface area contributed by atoms with E-state index in [1.807, 2.05) is 31.2 Å². The summed E-state index contributed by atoms with van der Waals surface area (Å²) in [6, 6.07) is 7.43. The van der Waals surface area contributed by atoms with Gasteiger partial charge in [0, 0.05) is 6.04 Å². The van der Waals surface area contributed by atoms with Crippen LogP contribution >= 0.6 is 12.2 Å². The number of fused-ring (bicyclic) bond motifs is 1. The molecule has 2 rings (SSSR count). The summed E-state index contributed by atoms with van der Waals surface area (Å²) in [7, 11) is -3.45. The molecular weight excluding hydrogens is 256 g/mol. The van der Waals surface area contributed by atoms with Crippen molar-refractivity contribution in [1.29, 1.82) is 0 Å². The number of benzene rings is 1. The molecule has 0 spiro atoms. The van der Waals surface area contributed by atoms with Gasteiger partial charge in [0.15, 0.2) is 0 Å². The van der Waals surface area contributed by atoms with Gasteiger partial charge in [-0.05, 0) is 25.0 Å². The van der Waals surface area contributed by atoms with E-state index in [1.165, 1.54) is 4.31 Å². The van der Waals surface area contributed by atoms with Crippen molar-refractivity contribution in [3.63, 3.8) is 0 Å². The first-order valence-electron chi connectivity index (χ1n) is 5.30. The largest absolute Gasteiger partial charge is 0.392 e. The number of rotatable bonds is 3. The van der Waals surface area contributed by atoms with Crippen LogP contribution in [0, 0.1) is 0 Å². The van der Waals surface area contributed by atoms with Crippen molar-refractivity contribution >= 4 is 32.9 Å². The molecule has 4 nitrogen and oxygen atoms in total. The van der Waals surface area contributed by atoms with Crippen LogP contribution in [0.15, 0.2) is 24.3 Å². The highest BCUT2D eigenvalue weighted by atomic mass is 32.2. The number of thiocarbonyl (C=S) groups is 1. The van der Waals surface area contributed by atoms with Gasteiger partial charge in [-0.1, -0.05) is 30.4 Å². The molecule has 1 unspecified atom stereocenters. The van der Waals surface area contributed by atoms with Gasteiger partial charge < -0.3 is 5.73 Å². The van der Waals surface area contributed by atoms with Gasteiger partial charge in [-0.2, -0.15) is 0 Å². The third-order valence-electron chi connectivity index (χ3n) is 2.77. The number of hydrogen-bond donors (Lipinski definition) is 1. The van der Waals surface area contributed by atoms with Crippen LogP contribution in [-0.4, -0.2) is 25.2 Å². The standard InChI is InChI=1S/C11H14N2O2S2/c1-8-6-9-4-2-3-5-10(9)13(8)17(14,15)7-11(12)16/h2-5,8H,6-7H2,1H3,(H2,12,16). The van der Waals surface area contributed by atoms with Gasteiger partial charge in [-0.15, -0.1) is 0 Å². The van der Waals surface area contributed by atoms with Crippen molar-refractivity contribution in [3.05, 3.63) is 29.8 Å². The predicted octanol–water partition coefficient (Wildman–Crippen LogP) is 1.05. The average molecular weight is 270 g/mol. The van der Waals surface area contributed by atoms with Gasteiger partial charge in [-0.25, -0.2) is 8.42 Å². The van der Waals surface area contributed by atoms with Gasteiger partial charge >= 0.3 is 0 Å². The Kier molecular flexibility index (Phi) is 3.09. The number of hydrogen-bond acceptors (Lipinski definition) is 3. The lowest BCUT2D eigenvalue weighted by Gasteiger charge is -2.24. The Balaban J connectivity index is 2.43. The third kappa shape index (κ3) is 2.28. The van der Waals surface area contributed by atoms with Crippen LogP contribution in [0.3, 0.4) is 0 Å². The van der Waals surface area contributed by atoms with E-state index in [4.69, 9.17) is 5.73 Å². The maximum Gasteiger partial charge on any atom is 0.241 e. The number of sulfonamides is 1. The summed E-state index contributed by atoms with van der Waals surface area (Å²) >= 11 is 4.69. The molecule has 1 aliphatic heterocycles. The molecule has 1 aromatic carbocycles. The minimum atomic E-state index is -3.45. The highest BCUT2D eigenvalue weighted by molar-refractivity contribution is 7.95. The molecule has 0 saturated carbocycles. The van der Waals surface area contributed by atoms with E-state index in [2.05, 4.69) is 12.2 Å². The van der Waals surface area contributed by atoms with Crippen LogP contribution in [0.2, 0.25) is 0 Å². The summed E-state index contributed by atoms with van der Waals surface area (Å²) in [5, 5.41) is 0. The van der Waals surface area contributed by atoms with Crippen molar-refractivity contribution < 1.29 is 8.42 Å². The van der Waals surface area contributed by atoms with Gasteiger partial charge in [0.25, 0.3) is 0 Å². The summed E-state index contributed by atoms with van der Waals surface area (Å²) in [6.07, 6.45) is 0.729. The van der Waals surface area contributed by atoms with Crippen LogP contribution < -0.4 is 10.0 Å². The van der Waals surface area contributed by atoms with Gasteiger partial charge in [0.05, 0.1) is 10.7 Å². The lowest BCUT2D eigenvalue weighted by atomic mass is 10.1. The molecule has 0 aromatic heterocycles. The lowest BCUT2D eigenvalue weighted by molar-refractivity contribution is 0.588. The fourth-order valence-corrected chi connectivity index (χ4v) is 4.26. The normalized spacial score (nSPS) is 19.1. The number of nitrogens with two attached hydrogens (primary N) is 1. The lowest BCUT2D eigenvalue weighted by Crippen LogP contribution is -2.40. The first-order valence-corrected chi connectivity index (χ1v) is 7.32. The summed E-state index contributed by atoms with van der Waals surface area (Å²) in [4.78, 5) is 0.00146. The molecule has 92 valence electrons. The topological polar surface area (TPSA) is 63.4 Å². The minimum absolute atomic E-state index is 0.00146. The Hall–Kier alpha value is -1.14. The van der Waals surface area contributed by atoms with E-state index in [1.54, 1.807) is 0 Å². The zero-order valence-corrected chi connectivity index (χ0v) is 11.1. The SMILES string of the molecule is CC1Cc2ccccc2N1S(=O)(=O)CC(N)=S. The molecule has 1 aromatic rings. The maximum atomic E-state index is 12.2. The smallest absolute Gasteiger partial charge is 0.241 e. The quantitative estimate of drug-likeness (QED) is 0.834. The van der Waals surface area contributed by atoms with Crippen LogP contribution in [0.25, 0.3) is 0 Å². The Morgan fingerprint density at radius 1 is 1.53 bits per heavy atom. The van der Waals surface area contributed by atoms with E-state index >= 15 is 0 Å². The molecule has 0 radical (unpaired) electrons. The Morgan fingerprint density at radius 2 is 2.18 bits per heavy atom. The van der Waals surface area contributed by atoms with E-state index in [0.717, 1.165) is 17.7 Å². The third-order valence-corrected chi connectivity index (χ3v) is 4.93. The predicted molar refractivity (Wildman–Crippen MR) is 72.7 cm³/mol. The Labute approximate surface area is 106 Å². The van der Waals surface area contributed by atoms with Gasteiger partial charge in [-0.3, -0.25) is 4.31 Å². The highest BCUT2D eigenvalue weighted by Gasteiger charge is 2.34. The van der Waals surface area contributed by atoms with E-state index in [0.29, 0.717) is 0 Å². The second kappa shape index (κ2) is 4.27. The molecule has 1 heterocycles. The molecule has 17 heavy (non-hydrogen) atoms. The zero-order chi connectivity index (χ0) is 12.6. The Morgan fingerprint density at radius 3 is 2.82 bits per heavy atom. The summed E-state index contributed by atoms with van der Waals surface area (Å²) in [6.45, 7) is 1.89. The first-order chi connectivity index (χ1) is 7.92. The van der Waals surface area contributed by atoms with Gasteiger partial charge in [0.2, 0.25) is 10.0 Å². The van der Waals surface area contributed by atoms with Crippen molar-refractivity contribution in [2.45, 2.75) is 19.4 Å². The molecule has 0 saturated heterocycles. The number of para-hydroxylation sites is 1. The summed E-state index contributed by atoms with van der Waals surface area (Å²) in [5.74, 6) is -0.277. The summed E-state index contributed by atoms with van der Waals surface area (Å²) in [5.41, 5.74) is 7.13. The molecule has 6 heteroatoms. The zero-order valence-electron chi connectivity index (χ0n) is 9.46. The molecule has 0 amide bonds. The fraction of sp³-hybridized carbons (Fsp3) is 0.364. The summed E-state index contributed by atoms with van der Waals surface area (Å²) < 4.78 is 25.8. The van der Waals surface area contributed by atoms with Crippen molar-refractivity contribution in [2.75, 3.05) is 10.1 Å². The Bertz CT molecular complexity index is 554. The second-order valence-corrected chi connectivity index (χ2v) is 6.57. The van der Waals surface area contributed by atoms with E-state index in [9.17, 15) is 8.42 Å². The first kappa shape index (κ1) is 12.3. The molecule has 0 aliphatic carbocycles. The van der Waals surface area contributed by atoms with Crippen LogP contribution in [0.5, 0.6) is 0 Å². The van der Waals surface area contributed by atoms with Crippen LogP contribution in [0.4, 0.5) is 5.69 Å². The number of nitrogens with zero attached hydrogens (tertiary/aromatic N) is 1. The molecular formula is C11H14N2O2S2. The average Bonchev–Trinajstić information content (AvgIpc) is 2.51. The fourth-order valence-electron chi connectivity index (χ4n) is 2.21. The monoisotopic (exact) mass is 270 g/mol. The molecule has 1 aliphatic rings. The second-order valence-electron chi connectivity index (χ2n) is 4.20. The molecule has 1 atom stereocenters. The maximum absolute atomic E-state index is 12.2. The highest BCUT2D eigenvalue weighted by Crippen LogP contribution is 2.34. The molecule has 0 fully saturated rings. The van der Waals surface area contributed by atoms with Crippen molar-refractivity contribution in [3.8, 4) is 0 Å². The number of anilines is 1. The van der Waals surface area contributed by atoms with Gasteiger partial charge in [0.1, 0.15) is 5.75 Å². The van der Waals surface area contributed by atoms with Crippen molar-refractivity contribution in [2.24, 2.45) is 5.73 Å².